The van der Waals surface area contributed by atoms with Gasteiger partial charge in [0, 0.05) is 32.1 Å². The molecule has 2 aromatic rings. The van der Waals surface area contributed by atoms with E-state index in [-0.39, 0.29) is 11.5 Å². The molecule has 0 spiro atoms. The minimum atomic E-state index is -0.671. The molecule has 0 saturated carbocycles. The molecule has 29 heavy (non-hydrogen) atoms. The molecule has 1 amide bonds. The molecule has 5 nitrogen and oxygen atoms in total. The van der Waals surface area contributed by atoms with E-state index in [4.69, 9.17) is 4.42 Å². The van der Waals surface area contributed by atoms with Gasteiger partial charge in [0.15, 0.2) is 0 Å². The fourth-order valence-electron chi connectivity index (χ4n) is 4.28. The van der Waals surface area contributed by atoms with E-state index >= 15 is 0 Å². The molecular formula is C22H27F2N3O2. The summed E-state index contributed by atoms with van der Waals surface area (Å²) in [6.45, 7) is 6.25. The summed E-state index contributed by atoms with van der Waals surface area (Å²) in [7, 11) is 0. The van der Waals surface area contributed by atoms with Crippen LogP contribution in [0.5, 0.6) is 0 Å². The molecule has 3 heterocycles. The highest BCUT2D eigenvalue weighted by molar-refractivity contribution is 5.78. The van der Waals surface area contributed by atoms with Crippen molar-refractivity contribution in [3.8, 4) is 11.5 Å². The van der Waals surface area contributed by atoms with Gasteiger partial charge < -0.3 is 9.32 Å². The lowest BCUT2D eigenvalue weighted by Gasteiger charge is -2.32. The molecule has 156 valence electrons. The van der Waals surface area contributed by atoms with Crippen molar-refractivity contribution < 1.29 is 18.0 Å². The fourth-order valence-corrected chi connectivity index (χ4v) is 4.28. The first kappa shape index (κ1) is 20.0. The van der Waals surface area contributed by atoms with Crippen molar-refractivity contribution in [3.05, 3.63) is 41.3 Å². The summed E-state index contributed by atoms with van der Waals surface area (Å²) < 4.78 is 32.8. The number of amides is 1. The van der Waals surface area contributed by atoms with Crippen LogP contribution in [0.2, 0.25) is 0 Å². The molecule has 7 heteroatoms. The van der Waals surface area contributed by atoms with Gasteiger partial charge in [0.25, 0.3) is 0 Å². The minimum absolute atomic E-state index is 0.177. The van der Waals surface area contributed by atoms with Crippen molar-refractivity contribution in [1.29, 1.82) is 0 Å². The largest absolute Gasteiger partial charge is 0.441 e. The number of carbonyl (C=O) groups is 1. The van der Waals surface area contributed by atoms with E-state index in [2.05, 4.69) is 9.88 Å². The highest BCUT2D eigenvalue weighted by atomic mass is 19.1. The van der Waals surface area contributed by atoms with Crippen molar-refractivity contribution in [3.63, 3.8) is 0 Å². The predicted octanol–water partition coefficient (Wildman–Crippen LogP) is 4.15. The Kier molecular flexibility index (Phi) is 5.94. The van der Waals surface area contributed by atoms with Crippen LogP contribution < -0.4 is 0 Å². The lowest BCUT2D eigenvalue weighted by Crippen LogP contribution is -2.35. The summed E-state index contributed by atoms with van der Waals surface area (Å²) in [5.41, 5.74) is 0.973. The van der Waals surface area contributed by atoms with Crippen LogP contribution in [-0.4, -0.2) is 46.9 Å². The zero-order valence-electron chi connectivity index (χ0n) is 16.8. The number of carbonyl (C=O) groups excluding carboxylic acids is 1. The Balaban J connectivity index is 1.30. The number of likely N-dealkylation sites (tertiary alicyclic amines) is 2. The van der Waals surface area contributed by atoms with E-state index in [1.165, 1.54) is 12.1 Å². The standard InChI is InChI=1S/C22H27F2N3O2/c1-15-20(25-22(29-15)18-5-4-17(23)13-19(18)24)14-26-10-6-16(7-11-26)8-12-27-9-2-3-21(27)28/h4-5,13,16H,2-3,6-12,14H2,1H3. The molecule has 0 atom stereocenters. The maximum Gasteiger partial charge on any atom is 0.229 e. The highest BCUT2D eigenvalue weighted by Crippen LogP contribution is 2.27. The summed E-state index contributed by atoms with van der Waals surface area (Å²) in [4.78, 5) is 20.5. The normalized spacial score (nSPS) is 18.7. The number of aryl methyl sites for hydroxylation is 1. The number of piperidine rings is 1. The van der Waals surface area contributed by atoms with Gasteiger partial charge in [0.05, 0.1) is 11.3 Å². The number of benzene rings is 1. The van der Waals surface area contributed by atoms with Crippen LogP contribution in [0.1, 0.15) is 43.6 Å². The van der Waals surface area contributed by atoms with Crippen molar-refractivity contribution >= 4 is 5.91 Å². The lowest BCUT2D eigenvalue weighted by atomic mass is 9.93. The first-order valence-electron chi connectivity index (χ1n) is 10.4. The van der Waals surface area contributed by atoms with E-state index in [0.717, 1.165) is 63.6 Å². The fraction of sp³-hybridized carbons (Fsp3) is 0.545. The van der Waals surface area contributed by atoms with Crippen molar-refractivity contribution in [2.75, 3.05) is 26.2 Å². The Morgan fingerprint density at radius 2 is 2.00 bits per heavy atom. The van der Waals surface area contributed by atoms with E-state index in [1.54, 1.807) is 0 Å². The van der Waals surface area contributed by atoms with Crippen LogP contribution in [0.25, 0.3) is 11.5 Å². The zero-order valence-corrected chi connectivity index (χ0v) is 16.8. The molecular weight excluding hydrogens is 376 g/mol. The van der Waals surface area contributed by atoms with Crippen LogP contribution in [0.4, 0.5) is 8.78 Å². The minimum Gasteiger partial charge on any atom is -0.441 e. The number of nitrogens with zero attached hydrogens (tertiary/aromatic N) is 3. The lowest BCUT2D eigenvalue weighted by molar-refractivity contribution is -0.127. The maximum absolute atomic E-state index is 14.0. The first-order chi connectivity index (χ1) is 14.0. The number of hydrogen-bond acceptors (Lipinski definition) is 4. The van der Waals surface area contributed by atoms with Crippen molar-refractivity contribution in [2.24, 2.45) is 5.92 Å². The molecule has 4 rings (SSSR count). The molecule has 0 radical (unpaired) electrons. The summed E-state index contributed by atoms with van der Waals surface area (Å²) in [6, 6.07) is 3.41. The first-order valence-corrected chi connectivity index (χ1v) is 10.4. The van der Waals surface area contributed by atoms with Crippen molar-refractivity contribution in [2.45, 2.75) is 45.6 Å². The molecule has 0 aliphatic carbocycles. The second-order valence-corrected chi connectivity index (χ2v) is 8.14. The summed E-state index contributed by atoms with van der Waals surface area (Å²) in [5, 5.41) is 0. The number of oxazole rings is 1. The van der Waals surface area contributed by atoms with Crippen LogP contribution >= 0.6 is 0 Å². The smallest absolute Gasteiger partial charge is 0.229 e. The zero-order chi connectivity index (χ0) is 20.4. The highest BCUT2D eigenvalue weighted by Gasteiger charge is 2.25. The molecule has 2 aliphatic heterocycles. The summed E-state index contributed by atoms with van der Waals surface area (Å²) in [5.74, 6) is 0.527. The third-order valence-corrected chi connectivity index (χ3v) is 6.11. The van der Waals surface area contributed by atoms with Crippen LogP contribution in [-0.2, 0) is 11.3 Å². The predicted molar refractivity (Wildman–Crippen MR) is 105 cm³/mol. The average Bonchev–Trinajstić information content (AvgIpc) is 3.26. The van der Waals surface area contributed by atoms with E-state index in [0.29, 0.717) is 30.6 Å². The van der Waals surface area contributed by atoms with Gasteiger partial charge in [-0.1, -0.05) is 0 Å². The van der Waals surface area contributed by atoms with Gasteiger partial charge in [-0.25, -0.2) is 13.8 Å². The second kappa shape index (κ2) is 8.61. The average molecular weight is 403 g/mol. The van der Waals surface area contributed by atoms with Gasteiger partial charge in [-0.05, 0) is 63.7 Å². The van der Waals surface area contributed by atoms with Gasteiger partial charge in [0.1, 0.15) is 17.4 Å². The Morgan fingerprint density at radius 3 is 2.69 bits per heavy atom. The summed E-state index contributed by atoms with van der Waals surface area (Å²) >= 11 is 0. The van der Waals surface area contributed by atoms with Crippen LogP contribution in [0, 0.1) is 24.5 Å². The molecule has 2 aliphatic rings. The van der Waals surface area contributed by atoms with E-state index in [9.17, 15) is 13.6 Å². The Morgan fingerprint density at radius 1 is 1.21 bits per heavy atom. The van der Waals surface area contributed by atoms with Gasteiger partial charge >= 0.3 is 0 Å². The summed E-state index contributed by atoms with van der Waals surface area (Å²) in [6.07, 6.45) is 5.00. The van der Waals surface area contributed by atoms with Gasteiger partial charge in [0.2, 0.25) is 11.8 Å². The topological polar surface area (TPSA) is 49.6 Å². The number of halogens is 2. The molecule has 2 saturated heterocycles. The third-order valence-electron chi connectivity index (χ3n) is 6.11. The maximum atomic E-state index is 14.0. The monoisotopic (exact) mass is 403 g/mol. The Labute approximate surface area is 169 Å². The van der Waals surface area contributed by atoms with Gasteiger partial charge in [-0.2, -0.15) is 0 Å². The molecule has 0 unspecified atom stereocenters. The molecule has 1 aromatic carbocycles. The molecule has 1 aromatic heterocycles. The van der Waals surface area contributed by atoms with E-state index < -0.39 is 11.6 Å². The van der Waals surface area contributed by atoms with Crippen LogP contribution in [0.3, 0.4) is 0 Å². The quantitative estimate of drug-likeness (QED) is 0.727. The van der Waals surface area contributed by atoms with Gasteiger partial charge in [-0.3, -0.25) is 9.69 Å². The number of rotatable bonds is 6. The molecule has 0 bridgehead atoms. The second-order valence-electron chi connectivity index (χ2n) is 8.14. The van der Waals surface area contributed by atoms with Crippen molar-refractivity contribution in [1.82, 2.24) is 14.8 Å². The molecule has 0 N–H and O–H groups in total. The van der Waals surface area contributed by atoms with Crippen LogP contribution in [0.15, 0.2) is 22.6 Å². The Bertz CT molecular complexity index is 875. The number of aromatic nitrogens is 1. The third kappa shape index (κ3) is 4.66. The molecule has 2 fully saturated rings. The number of hydrogen-bond donors (Lipinski definition) is 0. The van der Waals surface area contributed by atoms with E-state index in [1.807, 2.05) is 11.8 Å². The SMILES string of the molecule is Cc1oc(-c2ccc(F)cc2F)nc1CN1CCC(CCN2CCCC2=O)CC1. The van der Waals surface area contributed by atoms with Gasteiger partial charge in [-0.15, -0.1) is 0 Å². The Hall–Kier alpha value is -2.28.